The van der Waals surface area contributed by atoms with Crippen molar-refractivity contribution in [2.24, 2.45) is 5.92 Å². The van der Waals surface area contributed by atoms with Gasteiger partial charge < -0.3 is 19.5 Å². The summed E-state index contributed by atoms with van der Waals surface area (Å²) in [5, 5.41) is 1.04. The number of carbonyl (C=O) groups excluding carboxylic acids is 2. The van der Waals surface area contributed by atoms with E-state index in [9.17, 15) is 9.59 Å². The zero-order valence-electron chi connectivity index (χ0n) is 14.2. The molecule has 2 amide bonds. The minimum Gasteiger partial charge on any atom is -0.378 e. The average molecular weight is 341 g/mol. The van der Waals surface area contributed by atoms with Crippen molar-refractivity contribution in [1.82, 2.24) is 14.8 Å². The molecule has 1 N–H and O–H groups in total. The summed E-state index contributed by atoms with van der Waals surface area (Å²) >= 11 is 0. The Morgan fingerprint density at radius 1 is 1.00 bits per heavy atom. The molecular formula is C19H23N3O3. The van der Waals surface area contributed by atoms with Gasteiger partial charge in [0.1, 0.15) is 5.69 Å². The number of hydrogen-bond donors (Lipinski definition) is 1. The minimum absolute atomic E-state index is 0.0217. The van der Waals surface area contributed by atoms with Crippen molar-refractivity contribution in [2.75, 3.05) is 39.4 Å². The molecule has 2 aliphatic heterocycles. The van der Waals surface area contributed by atoms with Gasteiger partial charge in [0, 0.05) is 43.0 Å². The lowest BCUT2D eigenvalue weighted by atomic mass is 9.95. The maximum Gasteiger partial charge on any atom is 0.270 e. The summed E-state index contributed by atoms with van der Waals surface area (Å²) < 4.78 is 5.31. The molecule has 0 aliphatic carbocycles. The van der Waals surface area contributed by atoms with Gasteiger partial charge in [0.15, 0.2) is 0 Å². The smallest absolute Gasteiger partial charge is 0.270 e. The van der Waals surface area contributed by atoms with Gasteiger partial charge in [0.05, 0.1) is 13.2 Å². The van der Waals surface area contributed by atoms with Crippen molar-refractivity contribution in [3.63, 3.8) is 0 Å². The van der Waals surface area contributed by atoms with Crippen molar-refractivity contribution in [1.29, 1.82) is 0 Å². The second-order valence-corrected chi connectivity index (χ2v) is 6.77. The van der Waals surface area contributed by atoms with Crippen LogP contribution in [0.1, 0.15) is 23.3 Å². The Morgan fingerprint density at radius 3 is 2.44 bits per heavy atom. The van der Waals surface area contributed by atoms with E-state index in [2.05, 4.69) is 4.98 Å². The van der Waals surface area contributed by atoms with E-state index in [1.54, 1.807) is 0 Å². The van der Waals surface area contributed by atoms with Crippen molar-refractivity contribution in [2.45, 2.75) is 12.8 Å². The number of benzene rings is 1. The fourth-order valence-corrected chi connectivity index (χ4v) is 3.73. The largest absolute Gasteiger partial charge is 0.378 e. The van der Waals surface area contributed by atoms with Crippen molar-refractivity contribution in [3.8, 4) is 0 Å². The van der Waals surface area contributed by atoms with Crippen LogP contribution in [0.5, 0.6) is 0 Å². The molecule has 1 aromatic carbocycles. The number of nitrogens with zero attached hydrogens (tertiary/aromatic N) is 2. The van der Waals surface area contributed by atoms with Gasteiger partial charge in [-0.3, -0.25) is 9.59 Å². The van der Waals surface area contributed by atoms with Gasteiger partial charge in [-0.1, -0.05) is 18.2 Å². The second-order valence-electron chi connectivity index (χ2n) is 6.77. The maximum atomic E-state index is 12.7. The fourth-order valence-electron chi connectivity index (χ4n) is 3.73. The van der Waals surface area contributed by atoms with Crippen molar-refractivity contribution < 1.29 is 14.3 Å². The number of hydrogen-bond acceptors (Lipinski definition) is 3. The number of ether oxygens (including phenoxy) is 1. The van der Waals surface area contributed by atoms with E-state index in [1.807, 2.05) is 40.1 Å². The molecule has 0 unspecified atom stereocenters. The summed E-state index contributed by atoms with van der Waals surface area (Å²) in [5.41, 5.74) is 1.60. The van der Waals surface area contributed by atoms with Crippen molar-refractivity contribution >= 4 is 22.7 Å². The molecule has 2 aliphatic rings. The molecule has 6 nitrogen and oxygen atoms in total. The molecular weight excluding hydrogens is 318 g/mol. The Kier molecular flexibility index (Phi) is 4.44. The number of piperidine rings is 1. The number of amides is 2. The average Bonchev–Trinajstić information content (AvgIpc) is 3.12. The third kappa shape index (κ3) is 3.26. The fraction of sp³-hybridized carbons (Fsp3) is 0.474. The molecule has 1 aromatic heterocycles. The van der Waals surface area contributed by atoms with Crippen LogP contribution in [0.3, 0.4) is 0 Å². The van der Waals surface area contributed by atoms with E-state index in [0.717, 1.165) is 23.7 Å². The van der Waals surface area contributed by atoms with Crippen LogP contribution in [0.15, 0.2) is 30.3 Å². The summed E-state index contributed by atoms with van der Waals surface area (Å²) in [7, 11) is 0. The minimum atomic E-state index is 0.0217. The van der Waals surface area contributed by atoms with E-state index in [0.29, 0.717) is 45.1 Å². The van der Waals surface area contributed by atoms with Crippen LogP contribution in [-0.2, 0) is 9.53 Å². The monoisotopic (exact) mass is 341 g/mol. The lowest BCUT2D eigenvalue weighted by molar-refractivity contribution is -0.141. The standard InChI is InChI=1S/C19H23N3O3/c23-18(22-9-11-25-12-10-22)14-5-7-21(8-6-14)19(24)17-13-15-3-1-2-4-16(15)20-17/h1-4,13-14,20H,5-12H2. The highest BCUT2D eigenvalue weighted by Gasteiger charge is 2.31. The SMILES string of the molecule is O=C(c1cc2ccccc2[nH]1)N1CCC(C(=O)N2CCOCC2)CC1. The number of carbonyl (C=O) groups is 2. The third-order valence-corrected chi connectivity index (χ3v) is 5.21. The summed E-state index contributed by atoms with van der Waals surface area (Å²) in [6.07, 6.45) is 1.48. The third-order valence-electron chi connectivity index (χ3n) is 5.21. The summed E-state index contributed by atoms with van der Waals surface area (Å²) in [5.74, 6) is 0.277. The molecule has 132 valence electrons. The summed E-state index contributed by atoms with van der Waals surface area (Å²) in [6.45, 7) is 3.90. The quantitative estimate of drug-likeness (QED) is 0.907. The zero-order valence-corrected chi connectivity index (χ0v) is 14.2. The Morgan fingerprint density at radius 2 is 1.72 bits per heavy atom. The molecule has 25 heavy (non-hydrogen) atoms. The van der Waals surface area contributed by atoms with E-state index in [1.165, 1.54) is 0 Å². The number of aromatic nitrogens is 1. The van der Waals surface area contributed by atoms with Gasteiger partial charge in [0.25, 0.3) is 5.91 Å². The number of fused-ring (bicyclic) bond motifs is 1. The van der Waals surface area contributed by atoms with E-state index in [-0.39, 0.29) is 17.7 Å². The van der Waals surface area contributed by atoms with Gasteiger partial charge in [-0.2, -0.15) is 0 Å². The van der Waals surface area contributed by atoms with Crippen molar-refractivity contribution in [3.05, 3.63) is 36.0 Å². The van der Waals surface area contributed by atoms with Crippen LogP contribution in [0, 0.1) is 5.92 Å². The van der Waals surface area contributed by atoms with Gasteiger partial charge in [0.2, 0.25) is 5.91 Å². The van der Waals surface area contributed by atoms with Gasteiger partial charge in [-0.25, -0.2) is 0 Å². The normalized spacial score (nSPS) is 19.4. The Hall–Kier alpha value is -2.34. The number of para-hydroxylation sites is 1. The number of nitrogens with one attached hydrogen (secondary N) is 1. The molecule has 0 bridgehead atoms. The number of morpholine rings is 1. The topological polar surface area (TPSA) is 65.6 Å². The molecule has 2 fully saturated rings. The number of aromatic amines is 1. The second kappa shape index (κ2) is 6.88. The van der Waals surface area contributed by atoms with Gasteiger partial charge >= 0.3 is 0 Å². The molecule has 4 rings (SSSR count). The lowest BCUT2D eigenvalue weighted by Gasteiger charge is -2.35. The predicted octanol–water partition coefficient (Wildman–Crippen LogP) is 1.88. The van der Waals surface area contributed by atoms with Crippen LogP contribution in [0.4, 0.5) is 0 Å². The number of likely N-dealkylation sites (tertiary alicyclic amines) is 1. The number of rotatable bonds is 2. The van der Waals surface area contributed by atoms with E-state index >= 15 is 0 Å². The highest BCUT2D eigenvalue weighted by atomic mass is 16.5. The summed E-state index contributed by atoms with van der Waals surface area (Å²) in [4.78, 5) is 32.3. The van der Waals surface area contributed by atoms with Crippen LogP contribution in [0.25, 0.3) is 10.9 Å². The first-order valence-corrected chi connectivity index (χ1v) is 8.96. The van der Waals surface area contributed by atoms with Crippen LogP contribution < -0.4 is 0 Å². The number of H-pyrrole nitrogens is 1. The highest BCUT2D eigenvalue weighted by Crippen LogP contribution is 2.23. The molecule has 0 atom stereocenters. The Balaban J connectivity index is 1.37. The van der Waals surface area contributed by atoms with E-state index < -0.39 is 0 Å². The lowest BCUT2D eigenvalue weighted by Crippen LogP contribution is -2.47. The molecule has 0 saturated carbocycles. The first-order chi connectivity index (χ1) is 12.2. The molecule has 3 heterocycles. The molecule has 6 heteroatoms. The van der Waals surface area contributed by atoms with Crippen LogP contribution >= 0.6 is 0 Å². The van der Waals surface area contributed by atoms with Crippen LogP contribution in [0.2, 0.25) is 0 Å². The Bertz CT molecular complexity index is 738. The molecule has 0 spiro atoms. The summed E-state index contributed by atoms with van der Waals surface area (Å²) in [6, 6.07) is 9.79. The first kappa shape index (κ1) is 16.1. The van der Waals surface area contributed by atoms with Gasteiger partial charge in [-0.15, -0.1) is 0 Å². The van der Waals surface area contributed by atoms with Crippen LogP contribution in [-0.4, -0.2) is 66.0 Å². The zero-order chi connectivity index (χ0) is 17.2. The van der Waals surface area contributed by atoms with Gasteiger partial charge in [-0.05, 0) is 25.0 Å². The maximum absolute atomic E-state index is 12.7. The predicted molar refractivity (Wildman–Crippen MR) is 94.3 cm³/mol. The Labute approximate surface area is 146 Å². The molecule has 0 radical (unpaired) electrons. The van der Waals surface area contributed by atoms with E-state index in [4.69, 9.17) is 4.74 Å². The first-order valence-electron chi connectivity index (χ1n) is 8.96. The highest BCUT2D eigenvalue weighted by molar-refractivity contribution is 5.98. The molecule has 2 saturated heterocycles. The molecule has 2 aromatic rings.